The van der Waals surface area contributed by atoms with Crippen LogP contribution < -0.4 is 14.2 Å². The van der Waals surface area contributed by atoms with Crippen molar-refractivity contribution >= 4 is 11.3 Å². The fraction of sp³-hybridized carbons (Fsp3) is 0.290. The molecule has 14 heteroatoms. The van der Waals surface area contributed by atoms with Crippen molar-refractivity contribution < 1.29 is 69.3 Å². The Kier molecular flexibility index (Phi) is 7.76. The summed E-state index contributed by atoms with van der Waals surface area (Å²) in [5.74, 6) is -0.492. The lowest BCUT2D eigenvalue weighted by Gasteiger charge is -2.41. The Hall–Kier alpha value is -4.86. The summed E-state index contributed by atoms with van der Waals surface area (Å²) in [7, 11) is 2.70. The van der Waals surface area contributed by atoms with Crippen LogP contribution in [0, 0.1) is 0 Å². The number of rotatable bonds is 7. The summed E-state index contributed by atoms with van der Waals surface area (Å²) in [5, 5.41) is 82.6. The normalized spacial score (nSPS) is 25.4. The van der Waals surface area contributed by atoms with Crippen LogP contribution in [0.2, 0.25) is 0 Å². The van der Waals surface area contributed by atoms with Crippen molar-refractivity contribution in [3.8, 4) is 46.0 Å². The molecule has 9 N–H and O–H groups in total. The van der Waals surface area contributed by atoms with Gasteiger partial charge in [-0.3, -0.25) is 0 Å². The Morgan fingerprint density at radius 1 is 0.844 bits per heavy atom. The highest BCUT2D eigenvalue weighted by molar-refractivity contribution is 5.93. The van der Waals surface area contributed by atoms with E-state index in [0.717, 1.165) is 0 Å². The Bertz CT molecular complexity index is 1670. The molecule has 0 bridgehead atoms. The standard InChI is InChI=1S/C31H30O14/c1-40-21-6-13(7-22(41-2)25(21)36)29-30(45-31-28(39)27(38)26(37)23(11-32)44-31)15-10-18(12-3-4-16(34)17(35)5-12)42-19-8-14(33)9-20(43-29)24(15)19/h3-10,23,26-29,31-39H,11H2,1-2H3/p+1. The van der Waals surface area contributed by atoms with Gasteiger partial charge in [0, 0.05) is 17.2 Å². The van der Waals surface area contributed by atoms with E-state index >= 15 is 0 Å². The first kappa shape index (κ1) is 30.2. The van der Waals surface area contributed by atoms with Gasteiger partial charge in [-0.1, -0.05) is 0 Å². The maximum Gasteiger partial charge on any atom is 0.271 e. The molecule has 3 aromatic carbocycles. The summed E-state index contributed by atoms with van der Waals surface area (Å²) >= 11 is 0. The number of phenols is 4. The molecule has 45 heavy (non-hydrogen) atoms. The second kappa shape index (κ2) is 11.6. The van der Waals surface area contributed by atoms with E-state index in [-0.39, 0.29) is 51.8 Å². The lowest BCUT2D eigenvalue weighted by atomic mass is 9.91. The minimum absolute atomic E-state index is 0.0392. The number of allylic oxidation sites excluding steroid dienone is 2. The second-order valence-electron chi connectivity index (χ2n) is 10.6. The van der Waals surface area contributed by atoms with E-state index in [2.05, 4.69) is 0 Å². The van der Waals surface area contributed by atoms with Crippen molar-refractivity contribution in [2.75, 3.05) is 20.8 Å². The van der Waals surface area contributed by atoms with Crippen LogP contribution in [0.15, 0.2) is 54.3 Å². The summed E-state index contributed by atoms with van der Waals surface area (Å²) in [6.45, 7) is -0.689. The molecule has 3 aromatic rings. The highest BCUT2D eigenvalue weighted by Crippen LogP contribution is 2.54. The van der Waals surface area contributed by atoms with E-state index in [1.165, 1.54) is 56.7 Å². The van der Waals surface area contributed by atoms with Crippen LogP contribution in [0.5, 0.6) is 46.0 Å². The number of methoxy groups -OCH3 is 2. The molecule has 1 saturated heterocycles. The average Bonchev–Trinajstić information content (AvgIpc) is 3.03. The van der Waals surface area contributed by atoms with Gasteiger partial charge in [0.05, 0.1) is 32.5 Å². The zero-order valence-electron chi connectivity index (χ0n) is 23.9. The quantitative estimate of drug-likeness (QED) is 0.138. The molecule has 1 fully saturated rings. The van der Waals surface area contributed by atoms with Crippen LogP contribution in [0.3, 0.4) is 0 Å². The van der Waals surface area contributed by atoms with Gasteiger partial charge < -0.3 is 69.3 Å². The summed E-state index contributed by atoms with van der Waals surface area (Å²) in [6, 6.07) is 9.76. The predicted molar refractivity (Wildman–Crippen MR) is 154 cm³/mol. The van der Waals surface area contributed by atoms with Gasteiger partial charge in [-0.2, -0.15) is 0 Å². The third-order valence-corrected chi connectivity index (χ3v) is 7.78. The van der Waals surface area contributed by atoms with Gasteiger partial charge in [0.15, 0.2) is 23.0 Å². The molecule has 0 spiro atoms. The van der Waals surface area contributed by atoms with Gasteiger partial charge in [0.2, 0.25) is 17.8 Å². The minimum atomic E-state index is -1.77. The molecular weight excluding hydrogens is 596 g/mol. The van der Waals surface area contributed by atoms with Gasteiger partial charge in [-0.25, -0.2) is 0 Å². The fourth-order valence-electron chi connectivity index (χ4n) is 5.46. The summed E-state index contributed by atoms with van der Waals surface area (Å²) in [4.78, 5) is 0. The number of ether oxygens (including phenoxy) is 6. The molecule has 14 nitrogen and oxygen atoms in total. The molecular formula is C31H31O14+. The van der Waals surface area contributed by atoms with Crippen molar-refractivity contribution in [2.45, 2.75) is 36.8 Å². The second-order valence-corrected chi connectivity index (χ2v) is 10.6. The van der Waals surface area contributed by atoms with Crippen LogP contribution in [0.4, 0.5) is 0 Å². The van der Waals surface area contributed by atoms with Gasteiger partial charge >= 0.3 is 0 Å². The first-order valence-electron chi connectivity index (χ1n) is 13.7. The number of phenolic OH excluding ortho intramolecular Hbond substituents is 4. The lowest BCUT2D eigenvalue weighted by molar-refractivity contribution is -0.295. The molecule has 6 unspecified atom stereocenters. The average molecular weight is 628 g/mol. The molecule has 3 aliphatic heterocycles. The van der Waals surface area contributed by atoms with E-state index in [1.54, 1.807) is 6.08 Å². The Labute approximate surface area is 255 Å². The van der Waals surface area contributed by atoms with Crippen LogP contribution >= 0.6 is 0 Å². The number of aromatic hydroxyl groups is 5. The number of benzene rings is 3. The van der Waals surface area contributed by atoms with Crippen molar-refractivity contribution in [1.29, 1.82) is 0 Å². The lowest BCUT2D eigenvalue weighted by Crippen LogP contribution is -2.59. The summed E-state index contributed by atoms with van der Waals surface area (Å²) in [6.07, 6.45) is -7.54. The third kappa shape index (κ3) is 5.18. The Morgan fingerprint density at radius 2 is 1.56 bits per heavy atom. The number of hydrogen-bond donors (Lipinski definition) is 8. The molecule has 3 heterocycles. The van der Waals surface area contributed by atoms with Gasteiger partial charge in [0.1, 0.15) is 47.2 Å². The molecule has 0 amide bonds. The topological polar surface area (TPSA) is 221 Å². The minimum Gasteiger partial charge on any atom is -0.571 e. The number of hydrogen-bond acceptors (Lipinski definition) is 13. The molecule has 3 aliphatic rings. The molecule has 0 radical (unpaired) electrons. The van der Waals surface area contributed by atoms with E-state index in [1.807, 2.05) is 0 Å². The molecule has 0 aromatic heterocycles. The van der Waals surface area contributed by atoms with E-state index in [4.69, 9.17) is 28.4 Å². The summed E-state index contributed by atoms with van der Waals surface area (Å²) in [5.41, 5.74) is 1.42. The van der Waals surface area contributed by atoms with E-state index in [9.17, 15) is 40.9 Å². The smallest absolute Gasteiger partial charge is 0.271 e. The predicted octanol–water partition coefficient (Wildman–Crippen LogP) is 1.48. The molecule has 6 atom stereocenters. The monoisotopic (exact) mass is 627 g/mol. The summed E-state index contributed by atoms with van der Waals surface area (Å²) < 4.78 is 33.5. The maximum atomic E-state index is 10.9. The fourth-order valence-corrected chi connectivity index (χ4v) is 5.46. The zero-order chi connectivity index (χ0) is 32.2. The SMILES string of the molecule is COc1cc(C2[OH+]c3cc(O)cc4c3C(=C2OC2OC(CO)C(O)C(O)C2O)C=C(c2ccc(O)c(O)c2)O4)cc(OC)c1O. The Morgan fingerprint density at radius 3 is 2.20 bits per heavy atom. The van der Waals surface area contributed by atoms with Crippen LogP contribution in [-0.4, -0.2) is 97.1 Å². The molecule has 0 saturated carbocycles. The number of aliphatic hydroxyl groups excluding tert-OH is 4. The highest BCUT2D eigenvalue weighted by atomic mass is 16.7. The van der Waals surface area contributed by atoms with Crippen LogP contribution in [-0.2, 0) is 9.47 Å². The van der Waals surface area contributed by atoms with Crippen molar-refractivity contribution in [1.82, 2.24) is 0 Å². The first-order valence-corrected chi connectivity index (χ1v) is 13.7. The van der Waals surface area contributed by atoms with Gasteiger partial charge in [-0.05, 0) is 36.4 Å². The van der Waals surface area contributed by atoms with Crippen molar-refractivity contribution in [2.24, 2.45) is 0 Å². The van der Waals surface area contributed by atoms with E-state index < -0.39 is 49.2 Å². The maximum absolute atomic E-state index is 10.9. The van der Waals surface area contributed by atoms with Crippen LogP contribution in [0.1, 0.15) is 22.8 Å². The molecule has 0 aliphatic carbocycles. The number of aliphatic hydroxyl groups is 5. The first-order chi connectivity index (χ1) is 21.5. The Balaban J connectivity index is 1.59. The zero-order valence-corrected chi connectivity index (χ0v) is 23.9. The molecule has 6 rings (SSSR count). The van der Waals surface area contributed by atoms with Gasteiger partial charge in [-0.15, -0.1) is 0 Å². The van der Waals surface area contributed by atoms with E-state index in [0.29, 0.717) is 22.3 Å². The third-order valence-electron chi connectivity index (χ3n) is 7.78. The van der Waals surface area contributed by atoms with Gasteiger partial charge in [0.25, 0.3) is 11.9 Å². The molecule has 238 valence electrons. The van der Waals surface area contributed by atoms with Crippen LogP contribution in [0.25, 0.3) is 11.3 Å². The highest BCUT2D eigenvalue weighted by Gasteiger charge is 2.48. The largest absolute Gasteiger partial charge is 0.571 e. The van der Waals surface area contributed by atoms with Crippen molar-refractivity contribution in [3.63, 3.8) is 0 Å². The van der Waals surface area contributed by atoms with Crippen molar-refractivity contribution in [3.05, 3.63) is 71.0 Å².